The van der Waals surface area contributed by atoms with E-state index in [0.29, 0.717) is 6.42 Å². The molecule has 252 valence electrons. The summed E-state index contributed by atoms with van der Waals surface area (Å²) < 4.78 is 16.2. The largest absolute Gasteiger partial charge is 0.466 e. The number of nitro groups is 2. The highest BCUT2D eigenvalue weighted by molar-refractivity contribution is 5.90. The number of rotatable bonds is 11. The van der Waals surface area contributed by atoms with Crippen molar-refractivity contribution in [1.82, 2.24) is 0 Å². The number of methoxy groups -OCH3 is 1. The Morgan fingerprint density at radius 2 is 1.48 bits per heavy atom. The maximum atomic E-state index is 13.2. The molecule has 6 atom stereocenters. The first kappa shape index (κ1) is 35.5. The number of allylic oxidation sites excluding steroid dienone is 5. The topological polar surface area (TPSA) is 165 Å². The number of ether oxygens (including phenoxy) is 3. The summed E-state index contributed by atoms with van der Waals surface area (Å²) in [6.07, 6.45) is 11.9. The second-order valence-corrected chi connectivity index (χ2v) is 12.0. The Kier molecular flexibility index (Phi) is 11.8. The van der Waals surface area contributed by atoms with Gasteiger partial charge in [-0.25, -0.2) is 14.4 Å². The number of nitrogens with zero attached hydrogens (tertiary/aromatic N) is 2. The number of carbonyl (C=O) groups is 3. The van der Waals surface area contributed by atoms with Crippen LogP contribution in [0.2, 0.25) is 0 Å². The van der Waals surface area contributed by atoms with Crippen LogP contribution in [0.5, 0.6) is 0 Å². The molecule has 2 aromatic carbocycles. The van der Waals surface area contributed by atoms with Crippen LogP contribution in [0.1, 0.15) is 54.3 Å². The zero-order valence-corrected chi connectivity index (χ0v) is 27.1. The van der Waals surface area contributed by atoms with Crippen LogP contribution in [0.3, 0.4) is 0 Å². The Hall–Kier alpha value is -5.39. The summed E-state index contributed by atoms with van der Waals surface area (Å²) in [5.41, 5.74) is 2.20. The van der Waals surface area contributed by atoms with Gasteiger partial charge >= 0.3 is 17.9 Å². The van der Waals surface area contributed by atoms with Gasteiger partial charge in [-0.2, -0.15) is 0 Å². The number of hydrogen-bond donors (Lipinski definition) is 0. The van der Waals surface area contributed by atoms with Crippen molar-refractivity contribution < 1.29 is 38.4 Å². The highest BCUT2D eigenvalue weighted by Crippen LogP contribution is 2.51. The molecule has 2 aromatic rings. The van der Waals surface area contributed by atoms with Crippen molar-refractivity contribution in [3.8, 4) is 0 Å². The fraction of sp³-hybridized carbons (Fsp3) is 0.361. The molecule has 2 aliphatic carbocycles. The zero-order chi connectivity index (χ0) is 35.0. The third-order valence-electron chi connectivity index (χ3n) is 9.09. The van der Waals surface area contributed by atoms with Crippen LogP contribution in [0.15, 0.2) is 96.1 Å². The molecule has 0 bridgehead atoms. The molecule has 12 heteroatoms. The fourth-order valence-corrected chi connectivity index (χ4v) is 6.76. The molecule has 1 saturated carbocycles. The fourth-order valence-electron chi connectivity index (χ4n) is 6.76. The third kappa shape index (κ3) is 8.49. The van der Waals surface area contributed by atoms with Gasteiger partial charge in [0.25, 0.3) is 11.4 Å². The van der Waals surface area contributed by atoms with Gasteiger partial charge in [0.2, 0.25) is 0 Å². The third-order valence-corrected chi connectivity index (χ3v) is 9.09. The molecular weight excluding hydrogens is 620 g/mol. The molecule has 12 nitrogen and oxygen atoms in total. The van der Waals surface area contributed by atoms with Crippen molar-refractivity contribution in [2.45, 2.75) is 39.7 Å². The molecule has 0 aliphatic heterocycles. The summed E-state index contributed by atoms with van der Waals surface area (Å²) >= 11 is 0. The Morgan fingerprint density at radius 1 is 0.896 bits per heavy atom. The first-order valence-electron chi connectivity index (χ1n) is 15.6. The van der Waals surface area contributed by atoms with Gasteiger partial charge in [0.1, 0.15) is 12.7 Å². The van der Waals surface area contributed by atoms with E-state index in [-0.39, 0.29) is 58.7 Å². The second-order valence-electron chi connectivity index (χ2n) is 12.0. The minimum Gasteiger partial charge on any atom is -0.466 e. The number of esters is 3. The summed E-state index contributed by atoms with van der Waals surface area (Å²) in [5.74, 6) is -1.59. The SMILES string of the molecule is COC(=O)/C=C/C=C/[C@@H]1[C@@H]2[C@@H](C=C(C)[C@@H]1/C(C)=C/COC(=O)c1ccc([N+](=O)[O-])cc1)[C@H](OC(=O)c1ccc([N+](=O)[O-])cc1)CC[C@H]2C. The van der Waals surface area contributed by atoms with E-state index in [2.05, 4.69) is 19.1 Å². The van der Waals surface area contributed by atoms with Gasteiger partial charge in [-0.3, -0.25) is 20.2 Å². The van der Waals surface area contributed by atoms with Gasteiger partial charge in [-0.1, -0.05) is 42.4 Å². The van der Waals surface area contributed by atoms with Crippen molar-refractivity contribution in [2.75, 3.05) is 13.7 Å². The summed E-state index contributed by atoms with van der Waals surface area (Å²) in [6, 6.07) is 10.5. The quantitative estimate of drug-likeness (QED) is 0.0468. The normalized spacial score (nSPS) is 24.0. The Morgan fingerprint density at radius 3 is 2.04 bits per heavy atom. The van der Waals surface area contributed by atoms with Crippen molar-refractivity contribution in [3.63, 3.8) is 0 Å². The van der Waals surface area contributed by atoms with Gasteiger partial charge < -0.3 is 14.2 Å². The number of non-ortho nitro benzene ring substituents is 2. The molecule has 0 spiro atoms. The van der Waals surface area contributed by atoms with Crippen LogP contribution < -0.4 is 0 Å². The van der Waals surface area contributed by atoms with E-state index in [1.54, 1.807) is 6.08 Å². The molecule has 0 radical (unpaired) electrons. The Labute approximate surface area is 278 Å². The van der Waals surface area contributed by atoms with Gasteiger partial charge in [0, 0.05) is 42.2 Å². The van der Waals surface area contributed by atoms with E-state index in [1.165, 1.54) is 61.7 Å². The number of fused-ring (bicyclic) bond motifs is 1. The predicted octanol–water partition coefficient (Wildman–Crippen LogP) is 6.97. The van der Waals surface area contributed by atoms with Crippen LogP contribution in [-0.4, -0.2) is 47.6 Å². The molecular formula is C36H38N2O10. The number of nitro benzene ring substituents is 2. The molecule has 0 aromatic heterocycles. The van der Waals surface area contributed by atoms with Gasteiger partial charge in [-0.15, -0.1) is 0 Å². The summed E-state index contributed by atoms with van der Waals surface area (Å²) in [7, 11) is 1.30. The highest BCUT2D eigenvalue weighted by atomic mass is 16.6. The van der Waals surface area contributed by atoms with Gasteiger partial charge in [-0.05, 0) is 74.8 Å². The first-order valence-corrected chi connectivity index (χ1v) is 15.6. The predicted molar refractivity (Wildman–Crippen MR) is 176 cm³/mol. The Balaban J connectivity index is 1.58. The maximum Gasteiger partial charge on any atom is 0.338 e. The van der Waals surface area contributed by atoms with Crippen molar-refractivity contribution in [2.24, 2.45) is 29.6 Å². The summed E-state index contributed by atoms with van der Waals surface area (Å²) in [5, 5.41) is 22.0. The van der Waals surface area contributed by atoms with E-state index in [4.69, 9.17) is 14.2 Å². The van der Waals surface area contributed by atoms with Gasteiger partial charge in [0.15, 0.2) is 0 Å². The van der Waals surface area contributed by atoms with Crippen LogP contribution in [0, 0.1) is 49.8 Å². The lowest BCUT2D eigenvalue weighted by Crippen LogP contribution is -2.46. The number of benzene rings is 2. The molecule has 1 fully saturated rings. The molecule has 48 heavy (non-hydrogen) atoms. The van der Waals surface area contributed by atoms with Crippen LogP contribution in [0.25, 0.3) is 0 Å². The Bertz CT molecular complexity index is 1660. The molecule has 0 saturated heterocycles. The summed E-state index contributed by atoms with van der Waals surface area (Å²) in [4.78, 5) is 58.4. The van der Waals surface area contributed by atoms with E-state index in [1.807, 2.05) is 26.0 Å². The van der Waals surface area contributed by atoms with Crippen molar-refractivity contribution in [1.29, 1.82) is 0 Å². The number of hydrogen-bond acceptors (Lipinski definition) is 10. The molecule has 0 N–H and O–H groups in total. The monoisotopic (exact) mass is 658 g/mol. The van der Waals surface area contributed by atoms with E-state index < -0.39 is 33.9 Å². The minimum absolute atomic E-state index is 0.0107. The lowest BCUT2D eigenvalue weighted by atomic mass is 9.57. The molecule has 4 rings (SSSR count). The van der Waals surface area contributed by atoms with E-state index in [9.17, 15) is 34.6 Å². The molecule has 0 heterocycles. The summed E-state index contributed by atoms with van der Waals surface area (Å²) in [6.45, 7) is 6.14. The van der Waals surface area contributed by atoms with Crippen LogP contribution >= 0.6 is 0 Å². The van der Waals surface area contributed by atoms with E-state index in [0.717, 1.165) is 17.6 Å². The van der Waals surface area contributed by atoms with Crippen molar-refractivity contribution >= 4 is 29.3 Å². The van der Waals surface area contributed by atoms with E-state index >= 15 is 0 Å². The van der Waals surface area contributed by atoms with Crippen LogP contribution in [0.4, 0.5) is 11.4 Å². The molecule has 0 amide bonds. The molecule has 2 aliphatic rings. The molecule has 0 unspecified atom stereocenters. The second kappa shape index (κ2) is 15.9. The first-order chi connectivity index (χ1) is 22.9. The standard InChI is InChI=1S/C36H38N2O10/c1-22-9-18-31(48-36(41)26-12-16-28(17-13-26)38(44)45)30-21-24(3)33(29(34(22)30)7-5-6-8-32(39)46-4)23(2)19-20-47-35(40)25-10-14-27(15-11-25)37(42)43/h5-8,10-17,19,21-22,29-31,33-34H,9,18,20H2,1-4H3/b7-5+,8-6+,23-19+/t22-,29+,30+,31-,33+,34-/m1/s1. The zero-order valence-electron chi connectivity index (χ0n) is 27.1. The highest BCUT2D eigenvalue weighted by Gasteiger charge is 2.47. The van der Waals surface area contributed by atoms with Crippen molar-refractivity contribution in [3.05, 3.63) is 127 Å². The lowest BCUT2D eigenvalue weighted by molar-refractivity contribution is -0.385. The van der Waals surface area contributed by atoms with Gasteiger partial charge in [0.05, 0.1) is 28.1 Å². The lowest BCUT2D eigenvalue weighted by Gasteiger charge is -2.49. The average molecular weight is 659 g/mol. The minimum atomic E-state index is -0.604. The average Bonchev–Trinajstić information content (AvgIpc) is 3.07. The number of carbonyl (C=O) groups excluding carboxylic acids is 3. The smallest absolute Gasteiger partial charge is 0.338 e. The van der Waals surface area contributed by atoms with Crippen LogP contribution in [-0.2, 0) is 19.0 Å². The maximum absolute atomic E-state index is 13.2.